The van der Waals surface area contributed by atoms with Crippen molar-refractivity contribution < 1.29 is 14.7 Å². The minimum Gasteiger partial charge on any atom is -0.465 e. The van der Waals surface area contributed by atoms with Gasteiger partial charge in [0.15, 0.2) is 0 Å². The molecule has 0 unspecified atom stereocenters. The van der Waals surface area contributed by atoms with E-state index in [2.05, 4.69) is 19.2 Å². The van der Waals surface area contributed by atoms with Gasteiger partial charge in [-0.15, -0.1) is 0 Å². The molecular weight excluding hydrogens is 294 g/mol. The number of amides is 2. The minimum absolute atomic E-state index is 0.0245. The molecule has 1 aliphatic carbocycles. The van der Waals surface area contributed by atoms with Gasteiger partial charge in [-0.05, 0) is 50.4 Å². The van der Waals surface area contributed by atoms with Crippen LogP contribution in [0.1, 0.15) is 52.4 Å². The van der Waals surface area contributed by atoms with E-state index < -0.39 is 11.6 Å². The van der Waals surface area contributed by atoms with Crippen LogP contribution in [0.2, 0.25) is 0 Å². The highest BCUT2D eigenvalue weighted by atomic mass is 16.4. The van der Waals surface area contributed by atoms with Crippen molar-refractivity contribution in [3.63, 3.8) is 0 Å². The van der Waals surface area contributed by atoms with Gasteiger partial charge in [-0.25, -0.2) is 4.79 Å². The standard InChI is InChI=1S/C17H27N3O3/c1-11(2)12-3-5-13(6-4-12)14-18-15(21)17(19-14)7-9-20(10-8-17)16(22)23/h11-13H,3-10H2,1-2H3,(H,22,23)(H,18,19,21). The highest BCUT2D eigenvalue weighted by Gasteiger charge is 2.47. The topological polar surface area (TPSA) is 82.0 Å². The van der Waals surface area contributed by atoms with Crippen LogP contribution >= 0.6 is 0 Å². The number of carboxylic acid groups (broad SMARTS) is 1. The van der Waals surface area contributed by atoms with E-state index in [0.29, 0.717) is 31.8 Å². The molecular formula is C17H27N3O3. The fourth-order valence-corrected chi connectivity index (χ4v) is 4.20. The Morgan fingerprint density at radius 2 is 1.87 bits per heavy atom. The maximum Gasteiger partial charge on any atom is 0.407 e. The summed E-state index contributed by atoms with van der Waals surface area (Å²) in [5, 5.41) is 12.1. The number of rotatable bonds is 2. The van der Waals surface area contributed by atoms with Crippen LogP contribution < -0.4 is 5.32 Å². The van der Waals surface area contributed by atoms with Gasteiger partial charge in [-0.1, -0.05) is 13.8 Å². The SMILES string of the molecule is CC(C)C1CCC(C2=NC3(CCN(C(=O)O)CC3)C(=O)N2)CC1. The van der Waals surface area contributed by atoms with Gasteiger partial charge < -0.3 is 15.3 Å². The average Bonchev–Trinajstić information content (AvgIpc) is 2.84. The molecule has 6 nitrogen and oxygen atoms in total. The summed E-state index contributed by atoms with van der Waals surface area (Å²) in [5.41, 5.74) is -0.712. The number of hydrogen-bond acceptors (Lipinski definition) is 3. The molecule has 0 aromatic rings. The first kappa shape index (κ1) is 16.3. The van der Waals surface area contributed by atoms with E-state index in [1.807, 2.05) is 0 Å². The van der Waals surface area contributed by atoms with Crippen molar-refractivity contribution >= 4 is 17.8 Å². The third kappa shape index (κ3) is 3.08. The maximum absolute atomic E-state index is 12.5. The van der Waals surface area contributed by atoms with Crippen LogP contribution in [-0.2, 0) is 4.79 Å². The molecule has 2 fully saturated rings. The van der Waals surface area contributed by atoms with Gasteiger partial charge in [0, 0.05) is 19.0 Å². The number of nitrogens with zero attached hydrogens (tertiary/aromatic N) is 2. The van der Waals surface area contributed by atoms with E-state index in [9.17, 15) is 9.59 Å². The number of carbonyl (C=O) groups excluding carboxylic acids is 1. The highest BCUT2D eigenvalue weighted by Crippen LogP contribution is 2.37. The molecule has 0 bridgehead atoms. The van der Waals surface area contributed by atoms with Gasteiger partial charge in [0.1, 0.15) is 11.4 Å². The summed E-state index contributed by atoms with van der Waals surface area (Å²) in [6, 6.07) is 0. The second-order valence-electron chi connectivity index (χ2n) is 7.61. The summed E-state index contributed by atoms with van der Waals surface area (Å²) in [7, 11) is 0. The average molecular weight is 321 g/mol. The third-order valence-electron chi connectivity index (χ3n) is 5.96. The first-order valence-corrected chi connectivity index (χ1v) is 8.80. The summed E-state index contributed by atoms with van der Waals surface area (Å²) in [6.45, 7) is 5.34. The molecule has 2 heterocycles. The van der Waals surface area contributed by atoms with Crippen LogP contribution in [0, 0.1) is 17.8 Å². The summed E-state index contributed by atoms with van der Waals surface area (Å²) in [5.74, 6) is 2.72. The predicted octanol–water partition coefficient (Wildman–Crippen LogP) is 2.49. The van der Waals surface area contributed by atoms with Crippen LogP contribution in [0.3, 0.4) is 0 Å². The lowest BCUT2D eigenvalue weighted by Gasteiger charge is -2.34. The van der Waals surface area contributed by atoms with Crippen LogP contribution in [0.4, 0.5) is 4.79 Å². The monoisotopic (exact) mass is 321 g/mol. The lowest BCUT2D eigenvalue weighted by atomic mass is 9.76. The van der Waals surface area contributed by atoms with Gasteiger partial charge in [-0.3, -0.25) is 9.79 Å². The van der Waals surface area contributed by atoms with Crippen LogP contribution in [0.25, 0.3) is 0 Å². The Balaban J connectivity index is 1.65. The fraction of sp³-hybridized carbons (Fsp3) is 0.824. The largest absolute Gasteiger partial charge is 0.465 e. The van der Waals surface area contributed by atoms with E-state index >= 15 is 0 Å². The molecule has 0 aromatic carbocycles. The molecule has 3 aliphatic rings. The zero-order valence-electron chi connectivity index (χ0n) is 14.0. The van der Waals surface area contributed by atoms with E-state index in [1.165, 1.54) is 17.7 Å². The van der Waals surface area contributed by atoms with E-state index in [0.717, 1.165) is 30.5 Å². The van der Waals surface area contributed by atoms with Crippen molar-refractivity contribution in [3.8, 4) is 0 Å². The second-order valence-corrected chi connectivity index (χ2v) is 7.61. The Kier molecular flexibility index (Phi) is 4.34. The molecule has 1 spiro atoms. The lowest BCUT2D eigenvalue weighted by Crippen LogP contribution is -2.50. The van der Waals surface area contributed by atoms with Crippen molar-refractivity contribution in [2.75, 3.05) is 13.1 Å². The summed E-state index contributed by atoms with van der Waals surface area (Å²) >= 11 is 0. The number of aliphatic imine (C=N–C) groups is 1. The van der Waals surface area contributed by atoms with Gasteiger partial charge in [0.25, 0.3) is 5.91 Å². The molecule has 23 heavy (non-hydrogen) atoms. The van der Waals surface area contributed by atoms with Crippen LogP contribution in [-0.4, -0.2) is 46.5 Å². The van der Waals surface area contributed by atoms with Crippen molar-refractivity contribution in [2.45, 2.75) is 57.9 Å². The van der Waals surface area contributed by atoms with E-state index in [-0.39, 0.29) is 5.91 Å². The molecule has 2 amide bonds. The number of carbonyl (C=O) groups is 2. The molecule has 6 heteroatoms. The highest BCUT2D eigenvalue weighted by molar-refractivity contribution is 6.09. The predicted molar refractivity (Wildman–Crippen MR) is 87.4 cm³/mol. The van der Waals surface area contributed by atoms with E-state index in [1.54, 1.807) is 0 Å². The smallest absolute Gasteiger partial charge is 0.407 e. The minimum atomic E-state index is -0.908. The van der Waals surface area contributed by atoms with E-state index in [4.69, 9.17) is 10.1 Å². The Morgan fingerprint density at radius 3 is 2.39 bits per heavy atom. The normalized spacial score (nSPS) is 30.5. The van der Waals surface area contributed by atoms with Crippen molar-refractivity contribution in [3.05, 3.63) is 0 Å². The maximum atomic E-state index is 12.5. The molecule has 0 atom stereocenters. The third-order valence-corrected chi connectivity index (χ3v) is 5.96. The van der Waals surface area contributed by atoms with Gasteiger partial charge in [-0.2, -0.15) is 0 Å². The van der Waals surface area contributed by atoms with Gasteiger partial charge >= 0.3 is 6.09 Å². The summed E-state index contributed by atoms with van der Waals surface area (Å²) < 4.78 is 0. The number of nitrogens with one attached hydrogen (secondary N) is 1. The molecule has 2 N–H and O–H groups in total. The van der Waals surface area contributed by atoms with Gasteiger partial charge in [0.2, 0.25) is 0 Å². The molecule has 3 rings (SSSR count). The Bertz CT molecular complexity index is 513. The Hall–Kier alpha value is -1.59. The summed E-state index contributed by atoms with van der Waals surface area (Å²) in [4.78, 5) is 29.6. The first-order chi connectivity index (χ1) is 10.9. The molecule has 2 aliphatic heterocycles. The first-order valence-electron chi connectivity index (χ1n) is 8.80. The zero-order chi connectivity index (χ0) is 16.6. The van der Waals surface area contributed by atoms with Crippen LogP contribution in [0.5, 0.6) is 0 Å². The fourth-order valence-electron chi connectivity index (χ4n) is 4.20. The molecule has 1 saturated heterocycles. The second kappa shape index (κ2) is 6.13. The van der Waals surface area contributed by atoms with Crippen molar-refractivity contribution in [2.24, 2.45) is 22.7 Å². The molecule has 1 saturated carbocycles. The quantitative estimate of drug-likeness (QED) is 0.820. The zero-order valence-corrected chi connectivity index (χ0v) is 14.0. The molecule has 0 aromatic heterocycles. The number of hydrogen-bond donors (Lipinski definition) is 2. The van der Waals surface area contributed by atoms with Crippen molar-refractivity contribution in [1.29, 1.82) is 0 Å². The lowest BCUT2D eigenvalue weighted by molar-refractivity contribution is -0.125. The van der Waals surface area contributed by atoms with Crippen molar-refractivity contribution in [1.82, 2.24) is 10.2 Å². The van der Waals surface area contributed by atoms with Crippen LogP contribution in [0.15, 0.2) is 4.99 Å². The summed E-state index contributed by atoms with van der Waals surface area (Å²) in [6.07, 6.45) is 4.69. The Labute approximate surface area is 137 Å². The number of piperidine rings is 1. The molecule has 128 valence electrons. The Morgan fingerprint density at radius 1 is 1.26 bits per heavy atom. The number of amidine groups is 1. The molecule has 0 radical (unpaired) electrons. The van der Waals surface area contributed by atoms with Gasteiger partial charge in [0.05, 0.1) is 0 Å². The number of likely N-dealkylation sites (tertiary alicyclic amines) is 1.